The van der Waals surface area contributed by atoms with Gasteiger partial charge in [-0.3, -0.25) is 4.90 Å². The number of hydrogen-bond donors (Lipinski definition) is 0. The number of hydrogen-bond acceptors (Lipinski definition) is 2. The minimum absolute atomic E-state index is 0.127. The molecule has 1 aromatic rings. The first-order valence-electron chi connectivity index (χ1n) is 7.21. The summed E-state index contributed by atoms with van der Waals surface area (Å²) in [5.41, 5.74) is 3.10. The number of ether oxygens (including phenoxy) is 1. The van der Waals surface area contributed by atoms with Gasteiger partial charge in [-0.25, -0.2) is 4.39 Å². The van der Waals surface area contributed by atoms with Gasteiger partial charge in [0.05, 0.1) is 19.5 Å². The molecular weight excluding hydrogens is 253 g/mol. The van der Waals surface area contributed by atoms with E-state index in [9.17, 15) is 4.39 Å². The molecule has 0 aliphatic carbocycles. The van der Waals surface area contributed by atoms with Crippen LogP contribution in [-0.2, 0) is 10.2 Å². The highest BCUT2D eigenvalue weighted by Crippen LogP contribution is 2.25. The maximum atomic E-state index is 13.2. The average molecular weight is 277 g/mol. The molecule has 0 radical (unpaired) electrons. The lowest BCUT2D eigenvalue weighted by Gasteiger charge is -2.27. The standard InChI is InChI=1S/C17H24FNO/c1-17(2,3)16-6-4-14(5-7-16)15(12-18)13-19-8-10-20-11-9-19/h4-7,12H,8-11,13H2,1-3H3/b15-12-. The Bertz CT molecular complexity index is 453. The smallest absolute Gasteiger partial charge is 0.0917 e. The Hall–Kier alpha value is -1.19. The molecular formula is C17H24FNO. The van der Waals surface area contributed by atoms with Crippen LogP contribution < -0.4 is 0 Å². The third-order valence-electron chi connectivity index (χ3n) is 3.75. The fourth-order valence-electron chi connectivity index (χ4n) is 2.37. The average Bonchev–Trinajstić information content (AvgIpc) is 2.45. The molecule has 1 fully saturated rings. The largest absolute Gasteiger partial charge is 0.379 e. The van der Waals surface area contributed by atoms with Crippen molar-refractivity contribution >= 4 is 5.57 Å². The molecule has 1 heterocycles. The van der Waals surface area contributed by atoms with Crippen LogP contribution >= 0.6 is 0 Å². The number of morpholine rings is 1. The molecule has 0 bridgehead atoms. The van der Waals surface area contributed by atoms with Crippen LogP contribution in [0.1, 0.15) is 31.9 Å². The quantitative estimate of drug-likeness (QED) is 0.836. The van der Waals surface area contributed by atoms with Crippen molar-refractivity contribution in [2.75, 3.05) is 32.8 Å². The second kappa shape index (κ2) is 6.51. The summed E-state index contributed by atoms with van der Waals surface area (Å²) in [5, 5.41) is 0. The van der Waals surface area contributed by atoms with Gasteiger partial charge in [0.15, 0.2) is 0 Å². The maximum absolute atomic E-state index is 13.2. The lowest BCUT2D eigenvalue weighted by atomic mass is 9.86. The molecule has 0 N–H and O–H groups in total. The highest BCUT2D eigenvalue weighted by Gasteiger charge is 2.16. The fraction of sp³-hybridized carbons (Fsp3) is 0.529. The van der Waals surface area contributed by atoms with Crippen molar-refractivity contribution in [2.24, 2.45) is 0 Å². The zero-order valence-corrected chi connectivity index (χ0v) is 12.7. The first-order chi connectivity index (χ1) is 9.50. The van der Waals surface area contributed by atoms with E-state index in [1.54, 1.807) is 0 Å². The molecule has 1 aliphatic heterocycles. The summed E-state index contributed by atoms with van der Waals surface area (Å²) in [6, 6.07) is 8.23. The van der Waals surface area contributed by atoms with E-state index in [4.69, 9.17) is 4.74 Å². The Morgan fingerprint density at radius 1 is 1.20 bits per heavy atom. The fourth-order valence-corrected chi connectivity index (χ4v) is 2.37. The zero-order valence-electron chi connectivity index (χ0n) is 12.7. The van der Waals surface area contributed by atoms with Crippen LogP contribution in [0.2, 0.25) is 0 Å². The van der Waals surface area contributed by atoms with Gasteiger partial charge >= 0.3 is 0 Å². The van der Waals surface area contributed by atoms with Gasteiger partial charge in [-0.15, -0.1) is 0 Å². The van der Waals surface area contributed by atoms with Crippen molar-refractivity contribution in [1.29, 1.82) is 0 Å². The molecule has 0 amide bonds. The molecule has 2 nitrogen and oxygen atoms in total. The van der Waals surface area contributed by atoms with Crippen LogP contribution in [-0.4, -0.2) is 37.7 Å². The maximum Gasteiger partial charge on any atom is 0.0917 e. The Kier molecular flexibility index (Phi) is 4.95. The van der Waals surface area contributed by atoms with E-state index in [0.29, 0.717) is 6.54 Å². The molecule has 110 valence electrons. The molecule has 0 aromatic heterocycles. The van der Waals surface area contributed by atoms with Crippen LogP contribution in [0, 0.1) is 0 Å². The van der Waals surface area contributed by atoms with Gasteiger partial charge in [0, 0.05) is 25.2 Å². The molecule has 0 spiro atoms. The molecule has 0 unspecified atom stereocenters. The highest BCUT2D eigenvalue weighted by atomic mass is 19.1. The highest BCUT2D eigenvalue weighted by molar-refractivity contribution is 5.66. The molecule has 2 rings (SSSR count). The summed E-state index contributed by atoms with van der Waals surface area (Å²) in [4.78, 5) is 2.23. The van der Waals surface area contributed by atoms with E-state index in [1.807, 2.05) is 12.1 Å². The number of benzene rings is 1. The summed E-state index contributed by atoms with van der Waals surface area (Å²) < 4.78 is 18.5. The summed E-state index contributed by atoms with van der Waals surface area (Å²) >= 11 is 0. The van der Waals surface area contributed by atoms with Gasteiger partial charge in [-0.05, 0) is 16.5 Å². The van der Waals surface area contributed by atoms with Gasteiger partial charge in [-0.1, -0.05) is 45.0 Å². The molecule has 3 heteroatoms. The van der Waals surface area contributed by atoms with Gasteiger partial charge < -0.3 is 4.74 Å². The monoisotopic (exact) mass is 277 g/mol. The molecule has 1 aromatic carbocycles. The Labute approximate surface area is 121 Å². The normalized spacial score (nSPS) is 18.3. The second-order valence-electron chi connectivity index (χ2n) is 6.35. The summed E-state index contributed by atoms with van der Waals surface area (Å²) in [6.45, 7) is 10.4. The van der Waals surface area contributed by atoms with E-state index in [-0.39, 0.29) is 5.41 Å². The Morgan fingerprint density at radius 2 is 1.80 bits per heavy atom. The third kappa shape index (κ3) is 3.90. The van der Waals surface area contributed by atoms with Gasteiger partial charge in [0.2, 0.25) is 0 Å². The minimum atomic E-state index is 0.127. The Morgan fingerprint density at radius 3 is 2.30 bits per heavy atom. The zero-order chi connectivity index (χ0) is 14.6. The molecule has 1 aliphatic rings. The van der Waals surface area contributed by atoms with Crippen molar-refractivity contribution < 1.29 is 9.13 Å². The van der Waals surface area contributed by atoms with E-state index in [1.165, 1.54) is 5.56 Å². The lowest BCUT2D eigenvalue weighted by molar-refractivity contribution is 0.0443. The van der Waals surface area contributed by atoms with Gasteiger partial charge in [0.1, 0.15) is 0 Å². The predicted molar refractivity (Wildman–Crippen MR) is 81.5 cm³/mol. The Balaban J connectivity index is 2.08. The van der Waals surface area contributed by atoms with Crippen molar-refractivity contribution in [3.8, 4) is 0 Å². The first kappa shape index (κ1) is 15.2. The SMILES string of the molecule is CC(C)(C)c1ccc(/C(=C\F)CN2CCOCC2)cc1. The van der Waals surface area contributed by atoms with Crippen LogP contribution in [0.25, 0.3) is 5.57 Å². The van der Waals surface area contributed by atoms with E-state index in [0.717, 1.165) is 43.8 Å². The van der Waals surface area contributed by atoms with Crippen LogP contribution in [0.5, 0.6) is 0 Å². The van der Waals surface area contributed by atoms with Crippen molar-refractivity contribution in [3.63, 3.8) is 0 Å². The van der Waals surface area contributed by atoms with E-state index >= 15 is 0 Å². The first-order valence-corrected chi connectivity index (χ1v) is 7.21. The van der Waals surface area contributed by atoms with E-state index < -0.39 is 0 Å². The lowest BCUT2D eigenvalue weighted by Crippen LogP contribution is -2.37. The van der Waals surface area contributed by atoms with Crippen LogP contribution in [0.4, 0.5) is 4.39 Å². The van der Waals surface area contributed by atoms with Crippen molar-refractivity contribution in [3.05, 3.63) is 41.7 Å². The molecule has 0 atom stereocenters. The molecule has 20 heavy (non-hydrogen) atoms. The van der Waals surface area contributed by atoms with Crippen LogP contribution in [0.15, 0.2) is 30.6 Å². The third-order valence-corrected chi connectivity index (χ3v) is 3.75. The van der Waals surface area contributed by atoms with Gasteiger partial charge in [0.25, 0.3) is 0 Å². The van der Waals surface area contributed by atoms with E-state index in [2.05, 4.69) is 37.8 Å². The predicted octanol–water partition coefficient (Wildman–Crippen LogP) is 3.63. The summed E-state index contributed by atoms with van der Waals surface area (Å²) in [6.07, 6.45) is 0.738. The van der Waals surface area contributed by atoms with Crippen molar-refractivity contribution in [1.82, 2.24) is 4.90 Å². The number of rotatable bonds is 3. The summed E-state index contributed by atoms with van der Waals surface area (Å²) in [7, 11) is 0. The minimum Gasteiger partial charge on any atom is -0.379 e. The molecule has 1 saturated heterocycles. The van der Waals surface area contributed by atoms with Crippen LogP contribution in [0.3, 0.4) is 0 Å². The number of halogens is 1. The second-order valence-corrected chi connectivity index (χ2v) is 6.35. The molecule has 0 saturated carbocycles. The van der Waals surface area contributed by atoms with Crippen molar-refractivity contribution in [2.45, 2.75) is 26.2 Å². The summed E-state index contributed by atoms with van der Waals surface area (Å²) in [5.74, 6) is 0. The number of nitrogens with zero attached hydrogens (tertiary/aromatic N) is 1. The van der Waals surface area contributed by atoms with Gasteiger partial charge in [-0.2, -0.15) is 0 Å². The topological polar surface area (TPSA) is 12.5 Å².